The Morgan fingerprint density at radius 2 is 1.71 bits per heavy atom. The van der Waals surface area contributed by atoms with Crippen LogP contribution in [-0.2, 0) is 0 Å². The van der Waals surface area contributed by atoms with Crippen molar-refractivity contribution in [3.63, 3.8) is 0 Å². The Balaban J connectivity index is 1.72. The topological polar surface area (TPSA) is 85.7 Å². The van der Waals surface area contributed by atoms with E-state index in [2.05, 4.69) is 20.5 Å². The lowest BCUT2D eigenvalue weighted by Crippen LogP contribution is -2.19. The zero-order chi connectivity index (χ0) is 19.9. The Morgan fingerprint density at radius 3 is 2.36 bits per heavy atom. The molecule has 1 heterocycles. The van der Waals surface area contributed by atoms with Gasteiger partial charge < -0.3 is 9.47 Å². The van der Waals surface area contributed by atoms with E-state index in [0.29, 0.717) is 17.2 Å². The molecule has 142 valence electrons. The zero-order valence-corrected chi connectivity index (χ0v) is 15.8. The summed E-state index contributed by atoms with van der Waals surface area (Å²) < 4.78 is 10.4. The van der Waals surface area contributed by atoms with E-state index in [4.69, 9.17) is 9.47 Å². The maximum atomic E-state index is 12.3. The van der Waals surface area contributed by atoms with Crippen molar-refractivity contribution in [2.45, 2.75) is 6.92 Å². The van der Waals surface area contributed by atoms with Gasteiger partial charge in [0.05, 0.1) is 38.5 Å². The van der Waals surface area contributed by atoms with Crippen molar-refractivity contribution >= 4 is 12.1 Å². The quantitative estimate of drug-likeness (QED) is 0.527. The van der Waals surface area contributed by atoms with E-state index in [1.165, 1.54) is 12.4 Å². The summed E-state index contributed by atoms with van der Waals surface area (Å²) >= 11 is 0. The van der Waals surface area contributed by atoms with Gasteiger partial charge in [-0.25, -0.2) is 10.4 Å². The van der Waals surface area contributed by atoms with E-state index >= 15 is 0 Å². The molecule has 3 rings (SSSR count). The number of carbonyl (C=O) groups is 1. The number of nitrogens with one attached hydrogen (secondary N) is 1. The maximum absolute atomic E-state index is 12.3. The van der Waals surface area contributed by atoms with Crippen LogP contribution >= 0.6 is 0 Å². The number of carbonyl (C=O) groups excluding carboxylic acids is 1. The number of hydrogen-bond donors (Lipinski definition) is 1. The zero-order valence-electron chi connectivity index (χ0n) is 15.8. The molecule has 1 aromatic heterocycles. The molecular formula is C21H20N4O3. The third kappa shape index (κ3) is 4.70. The van der Waals surface area contributed by atoms with E-state index in [-0.39, 0.29) is 5.69 Å². The lowest BCUT2D eigenvalue weighted by Gasteiger charge is -2.06. The minimum Gasteiger partial charge on any atom is -0.497 e. The lowest BCUT2D eigenvalue weighted by atomic mass is 10.1. The van der Waals surface area contributed by atoms with Gasteiger partial charge in [-0.2, -0.15) is 5.10 Å². The van der Waals surface area contributed by atoms with Gasteiger partial charge >= 0.3 is 0 Å². The fourth-order valence-corrected chi connectivity index (χ4v) is 2.47. The van der Waals surface area contributed by atoms with Gasteiger partial charge in [0.1, 0.15) is 17.2 Å². The van der Waals surface area contributed by atoms with Crippen LogP contribution in [0.15, 0.2) is 60.0 Å². The Morgan fingerprint density at radius 1 is 1.04 bits per heavy atom. The second-order valence-electron chi connectivity index (χ2n) is 6.00. The van der Waals surface area contributed by atoms with Crippen LogP contribution in [0.3, 0.4) is 0 Å². The molecule has 0 aliphatic rings. The largest absolute Gasteiger partial charge is 0.497 e. The molecule has 0 fully saturated rings. The van der Waals surface area contributed by atoms with E-state index < -0.39 is 5.91 Å². The lowest BCUT2D eigenvalue weighted by molar-refractivity contribution is 0.0950. The van der Waals surface area contributed by atoms with Crippen molar-refractivity contribution in [2.24, 2.45) is 5.10 Å². The van der Waals surface area contributed by atoms with Crippen molar-refractivity contribution in [1.29, 1.82) is 0 Å². The number of aromatic nitrogens is 2. The highest BCUT2D eigenvalue weighted by molar-refractivity contribution is 5.93. The van der Waals surface area contributed by atoms with Crippen molar-refractivity contribution in [3.05, 3.63) is 71.7 Å². The van der Waals surface area contributed by atoms with E-state index in [1.807, 2.05) is 31.2 Å². The number of hydrazone groups is 1. The number of nitrogens with zero attached hydrogens (tertiary/aromatic N) is 3. The first-order chi connectivity index (χ1) is 13.6. The fourth-order valence-electron chi connectivity index (χ4n) is 2.47. The number of benzene rings is 2. The number of methoxy groups -OCH3 is 2. The Kier molecular flexibility index (Phi) is 5.96. The van der Waals surface area contributed by atoms with Crippen LogP contribution < -0.4 is 14.9 Å². The van der Waals surface area contributed by atoms with Gasteiger partial charge in [-0.3, -0.25) is 9.78 Å². The average Bonchev–Trinajstić information content (AvgIpc) is 2.74. The van der Waals surface area contributed by atoms with E-state index in [1.54, 1.807) is 38.6 Å². The van der Waals surface area contributed by atoms with Gasteiger partial charge in [0.2, 0.25) is 0 Å². The smallest absolute Gasteiger partial charge is 0.291 e. The van der Waals surface area contributed by atoms with Crippen molar-refractivity contribution in [2.75, 3.05) is 14.2 Å². The SMILES string of the molecule is COc1cc(/C=N/NC(=O)c2cncc(-c3ccc(C)cc3)n2)cc(OC)c1. The number of rotatable bonds is 6. The molecule has 7 nitrogen and oxygen atoms in total. The van der Waals surface area contributed by atoms with E-state index in [9.17, 15) is 4.79 Å². The van der Waals surface area contributed by atoms with Crippen LogP contribution in [0.1, 0.15) is 21.6 Å². The molecule has 0 atom stereocenters. The molecule has 1 N–H and O–H groups in total. The molecule has 0 aliphatic carbocycles. The molecule has 0 radical (unpaired) electrons. The van der Waals surface area contributed by atoms with Gasteiger partial charge in [0, 0.05) is 17.2 Å². The molecule has 28 heavy (non-hydrogen) atoms. The molecule has 3 aromatic rings. The number of ether oxygens (including phenoxy) is 2. The summed E-state index contributed by atoms with van der Waals surface area (Å²) in [7, 11) is 3.13. The number of hydrogen-bond acceptors (Lipinski definition) is 6. The average molecular weight is 376 g/mol. The van der Waals surface area contributed by atoms with Crippen LogP contribution in [0.4, 0.5) is 0 Å². The minimum atomic E-state index is -0.451. The summed E-state index contributed by atoms with van der Waals surface area (Å²) in [5.74, 6) is 0.806. The monoisotopic (exact) mass is 376 g/mol. The predicted octanol–water partition coefficient (Wildman–Crippen LogP) is 3.23. The molecule has 7 heteroatoms. The normalized spacial score (nSPS) is 10.7. The molecule has 1 amide bonds. The second-order valence-corrected chi connectivity index (χ2v) is 6.00. The minimum absolute atomic E-state index is 0.179. The predicted molar refractivity (Wildman–Crippen MR) is 107 cm³/mol. The van der Waals surface area contributed by atoms with Crippen LogP contribution in [0.5, 0.6) is 11.5 Å². The van der Waals surface area contributed by atoms with Crippen LogP contribution in [0.2, 0.25) is 0 Å². The third-order valence-electron chi connectivity index (χ3n) is 3.97. The fraction of sp³-hybridized carbons (Fsp3) is 0.143. The van der Waals surface area contributed by atoms with E-state index in [0.717, 1.165) is 16.7 Å². The second kappa shape index (κ2) is 8.77. The summed E-state index contributed by atoms with van der Waals surface area (Å²) in [6, 6.07) is 13.1. The molecular weight excluding hydrogens is 356 g/mol. The van der Waals surface area contributed by atoms with Crippen molar-refractivity contribution < 1.29 is 14.3 Å². The first-order valence-electron chi connectivity index (χ1n) is 8.54. The highest BCUT2D eigenvalue weighted by Gasteiger charge is 2.09. The summed E-state index contributed by atoms with van der Waals surface area (Å²) in [6.45, 7) is 2.01. The van der Waals surface area contributed by atoms with Crippen LogP contribution in [0.25, 0.3) is 11.3 Å². The molecule has 0 unspecified atom stereocenters. The summed E-state index contributed by atoms with van der Waals surface area (Å²) in [5, 5.41) is 3.98. The van der Waals surface area contributed by atoms with Gasteiger partial charge in [0.25, 0.3) is 5.91 Å². The van der Waals surface area contributed by atoms with Gasteiger partial charge in [0.15, 0.2) is 0 Å². The van der Waals surface area contributed by atoms with Gasteiger partial charge in [-0.1, -0.05) is 29.8 Å². The molecule has 0 aliphatic heterocycles. The summed E-state index contributed by atoms with van der Waals surface area (Å²) in [6.07, 6.45) is 4.52. The molecule has 0 spiro atoms. The van der Waals surface area contributed by atoms with Gasteiger partial charge in [-0.05, 0) is 19.1 Å². The van der Waals surface area contributed by atoms with Crippen molar-refractivity contribution in [1.82, 2.24) is 15.4 Å². The highest BCUT2D eigenvalue weighted by atomic mass is 16.5. The first-order valence-corrected chi connectivity index (χ1v) is 8.54. The van der Waals surface area contributed by atoms with Crippen LogP contribution in [0, 0.1) is 6.92 Å². The standard InChI is InChI=1S/C21H20N4O3/c1-14-4-6-16(7-5-14)19-12-22-13-20(24-19)21(26)25-23-11-15-8-17(27-2)10-18(9-15)28-3/h4-13H,1-3H3,(H,25,26)/b23-11+. The van der Waals surface area contributed by atoms with Gasteiger partial charge in [-0.15, -0.1) is 0 Å². The maximum Gasteiger partial charge on any atom is 0.291 e. The van der Waals surface area contributed by atoms with Crippen LogP contribution in [-0.4, -0.2) is 36.3 Å². The summed E-state index contributed by atoms with van der Waals surface area (Å²) in [4.78, 5) is 20.8. The molecule has 0 saturated heterocycles. The first kappa shape index (κ1) is 19.0. The Hall–Kier alpha value is -3.74. The van der Waals surface area contributed by atoms with Crippen molar-refractivity contribution in [3.8, 4) is 22.8 Å². The molecule has 0 saturated carbocycles. The molecule has 0 bridgehead atoms. The highest BCUT2D eigenvalue weighted by Crippen LogP contribution is 2.21. The summed E-state index contributed by atoms with van der Waals surface area (Å²) in [5.41, 5.74) is 6.01. The number of amides is 1. The molecule has 2 aromatic carbocycles. The third-order valence-corrected chi connectivity index (χ3v) is 3.97. The number of aryl methyl sites for hydroxylation is 1. The Labute approximate surface area is 163 Å². The Bertz CT molecular complexity index is 979.